The van der Waals surface area contributed by atoms with Gasteiger partial charge in [0.2, 0.25) is 5.82 Å². The Labute approximate surface area is 162 Å². The fourth-order valence-electron chi connectivity index (χ4n) is 2.26. The average molecular weight is 411 g/mol. The minimum absolute atomic E-state index is 0.0317. The van der Waals surface area contributed by atoms with E-state index in [1.807, 2.05) is 0 Å². The summed E-state index contributed by atoms with van der Waals surface area (Å²) in [5.74, 6) is -0.589. The van der Waals surface area contributed by atoms with E-state index in [2.05, 4.69) is 14.9 Å². The molecule has 0 N–H and O–H groups in total. The third-order valence-electron chi connectivity index (χ3n) is 3.49. The molecule has 28 heavy (non-hydrogen) atoms. The smallest absolute Gasteiger partial charge is 0.387 e. The molecule has 0 saturated carbocycles. The molecule has 0 spiro atoms. The molecule has 0 unspecified atom stereocenters. The maximum absolute atomic E-state index is 12.4. The van der Waals surface area contributed by atoms with Crippen molar-refractivity contribution >= 4 is 17.6 Å². The Bertz CT molecular complexity index is 980. The van der Waals surface area contributed by atoms with Crippen LogP contribution in [0.3, 0.4) is 0 Å². The summed E-state index contributed by atoms with van der Waals surface area (Å²) >= 11 is 5.92. The van der Waals surface area contributed by atoms with Crippen LogP contribution in [0, 0.1) is 0 Å². The second-order valence-electron chi connectivity index (χ2n) is 5.34. The minimum Gasteiger partial charge on any atom is -0.493 e. The van der Waals surface area contributed by atoms with Crippen molar-refractivity contribution in [3.63, 3.8) is 0 Å². The van der Waals surface area contributed by atoms with E-state index < -0.39 is 12.6 Å². The Morgan fingerprint density at radius 1 is 1.21 bits per heavy atom. The summed E-state index contributed by atoms with van der Waals surface area (Å²) in [7, 11) is 1.26. The average Bonchev–Trinajstić information content (AvgIpc) is 3.15. The lowest BCUT2D eigenvalue weighted by Gasteiger charge is -2.10. The molecular weight excluding hydrogens is 398 g/mol. The molecule has 0 atom stereocenters. The van der Waals surface area contributed by atoms with Gasteiger partial charge in [-0.15, -0.1) is 0 Å². The number of hydrogen-bond donors (Lipinski definition) is 0. The summed E-state index contributed by atoms with van der Waals surface area (Å²) in [5, 5.41) is 4.32. The molecule has 1 heterocycles. The Morgan fingerprint density at radius 2 is 2.04 bits per heavy atom. The van der Waals surface area contributed by atoms with Gasteiger partial charge in [0.25, 0.3) is 5.89 Å². The standard InChI is InChI=1S/C18H13ClF2N2O5/c1-25-14-8-11(5-6-13(14)27-18(20)21)17(24)26-9-15-22-16(23-28-15)10-3-2-4-12(19)7-10/h2-8,18H,9H2,1H3. The fraction of sp³-hybridized carbons (Fsp3) is 0.167. The second-order valence-corrected chi connectivity index (χ2v) is 5.78. The molecule has 0 aliphatic carbocycles. The maximum Gasteiger partial charge on any atom is 0.387 e. The van der Waals surface area contributed by atoms with Crippen LogP contribution >= 0.6 is 11.6 Å². The van der Waals surface area contributed by atoms with Crippen LogP contribution in [0.15, 0.2) is 47.0 Å². The van der Waals surface area contributed by atoms with Gasteiger partial charge in [0, 0.05) is 10.6 Å². The fourth-order valence-corrected chi connectivity index (χ4v) is 2.45. The van der Waals surface area contributed by atoms with Crippen LogP contribution < -0.4 is 9.47 Å². The molecule has 146 valence electrons. The van der Waals surface area contributed by atoms with E-state index in [0.717, 1.165) is 0 Å². The second kappa shape index (κ2) is 8.66. The first-order chi connectivity index (χ1) is 13.5. The summed E-state index contributed by atoms with van der Waals surface area (Å²) < 4.78 is 44.1. The molecule has 1 aromatic heterocycles. The lowest BCUT2D eigenvalue weighted by Crippen LogP contribution is -2.07. The minimum atomic E-state index is -3.02. The number of benzene rings is 2. The van der Waals surface area contributed by atoms with E-state index >= 15 is 0 Å². The van der Waals surface area contributed by atoms with Crippen molar-refractivity contribution in [1.29, 1.82) is 0 Å². The zero-order chi connectivity index (χ0) is 20.1. The van der Waals surface area contributed by atoms with Gasteiger partial charge in [-0.05, 0) is 30.3 Å². The first-order valence-corrected chi connectivity index (χ1v) is 8.22. The normalized spacial score (nSPS) is 10.8. The number of carbonyl (C=O) groups excluding carboxylic acids is 1. The zero-order valence-electron chi connectivity index (χ0n) is 14.4. The van der Waals surface area contributed by atoms with Gasteiger partial charge in [-0.2, -0.15) is 13.8 Å². The topological polar surface area (TPSA) is 83.7 Å². The Hall–Kier alpha value is -3.20. The number of methoxy groups -OCH3 is 1. The molecular formula is C18H13ClF2N2O5. The van der Waals surface area contributed by atoms with Crippen molar-refractivity contribution in [3.8, 4) is 22.9 Å². The molecule has 0 saturated heterocycles. The van der Waals surface area contributed by atoms with Gasteiger partial charge in [0.05, 0.1) is 12.7 Å². The number of ether oxygens (including phenoxy) is 3. The summed E-state index contributed by atoms with van der Waals surface area (Å²) in [6, 6.07) is 10.5. The molecule has 0 radical (unpaired) electrons. The Kier molecular flexibility index (Phi) is 6.05. The Balaban J connectivity index is 1.66. The highest BCUT2D eigenvalue weighted by molar-refractivity contribution is 6.30. The molecule has 0 fully saturated rings. The van der Waals surface area contributed by atoms with Gasteiger partial charge in [0.1, 0.15) is 0 Å². The van der Waals surface area contributed by atoms with Crippen molar-refractivity contribution in [3.05, 3.63) is 58.9 Å². The summed E-state index contributed by atoms with van der Waals surface area (Å²) in [5.41, 5.74) is 0.723. The predicted octanol–water partition coefficient (Wildman–Crippen LogP) is 4.36. The molecule has 7 nitrogen and oxygen atoms in total. The van der Waals surface area contributed by atoms with Gasteiger partial charge >= 0.3 is 12.6 Å². The zero-order valence-corrected chi connectivity index (χ0v) is 15.2. The van der Waals surface area contributed by atoms with Crippen molar-refractivity contribution in [2.75, 3.05) is 7.11 Å². The summed E-state index contributed by atoms with van der Waals surface area (Å²) in [6.07, 6.45) is 0. The molecule has 3 aromatic rings. The van der Waals surface area contributed by atoms with Gasteiger partial charge in [0.15, 0.2) is 18.1 Å². The molecule has 0 aliphatic heterocycles. The van der Waals surface area contributed by atoms with E-state index in [1.165, 1.54) is 25.3 Å². The number of halogens is 3. The SMILES string of the molecule is COc1cc(C(=O)OCc2nc(-c3cccc(Cl)c3)no2)ccc1OC(F)F. The van der Waals surface area contributed by atoms with Crippen LogP contribution in [-0.4, -0.2) is 29.8 Å². The highest BCUT2D eigenvalue weighted by Gasteiger charge is 2.16. The summed E-state index contributed by atoms with van der Waals surface area (Å²) in [6.45, 7) is -3.29. The van der Waals surface area contributed by atoms with E-state index in [9.17, 15) is 13.6 Å². The van der Waals surface area contributed by atoms with Gasteiger partial charge < -0.3 is 18.7 Å². The van der Waals surface area contributed by atoms with Gasteiger partial charge in [-0.1, -0.05) is 28.9 Å². The largest absolute Gasteiger partial charge is 0.493 e. The van der Waals surface area contributed by atoms with Crippen molar-refractivity contribution in [2.24, 2.45) is 0 Å². The van der Waals surface area contributed by atoms with E-state index in [4.69, 9.17) is 25.6 Å². The third-order valence-corrected chi connectivity index (χ3v) is 3.73. The van der Waals surface area contributed by atoms with Crippen LogP contribution in [0.25, 0.3) is 11.4 Å². The quantitative estimate of drug-likeness (QED) is 0.535. The molecule has 2 aromatic carbocycles. The van der Waals surface area contributed by atoms with Gasteiger partial charge in [-0.25, -0.2) is 4.79 Å². The van der Waals surface area contributed by atoms with Crippen LogP contribution in [0.1, 0.15) is 16.2 Å². The lowest BCUT2D eigenvalue weighted by atomic mass is 10.2. The molecule has 0 amide bonds. The predicted molar refractivity (Wildman–Crippen MR) is 93.5 cm³/mol. The van der Waals surface area contributed by atoms with Crippen molar-refractivity contribution in [2.45, 2.75) is 13.2 Å². The van der Waals surface area contributed by atoms with Crippen molar-refractivity contribution < 1.29 is 32.3 Å². The third kappa shape index (κ3) is 4.74. The molecule has 0 bridgehead atoms. The highest BCUT2D eigenvalue weighted by Crippen LogP contribution is 2.29. The van der Waals surface area contributed by atoms with Gasteiger partial charge in [-0.3, -0.25) is 0 Å². The number of rotatable bonds is 7. The number of alkyl halides is 2. The first-order valence-electron chi connectivity index (χ1n) is 7.85. The monoisotopic (exact) mass is 410 g/mol. The van der Waals surface area contributed by atoms with E-state index in [1.54, 1.807) is 24.3 Å². The molecule has 3 rings (SSSR count). The number of carbonyl (C=O) groups is 1. The van der Waals surface area contributed by atoms with Crippen LogP contribution in [-0.2, 0) is 11.3 Å². The molecule has 10 heteroatoms. The van der Waals surface area contributed by atoms with Crippen LogP contribution in [0.5, 0.6) is 11.5 Å². The lowest BCUT2D eigenvalue weighted by molar-refractivity contribution is -0.0512. The Morgan fingerprint density at radius 3 is 2.75 bits per heavy atom. The number of hydrogen-bond acceptors (Lipinski definition) is 7. The van der Waals surface area contributed by atoms with Crippen LogP contribution in [0.4, 0.5) is 8.78 Å². The van der Waals surface area contributed by atoms with Crippen LogP contribution in [0.2, 0.25) is 5.02 Å². The van der Waals surface area contributed by atoms with E-state index in [-0.39, 0.29) is 29.6 Å². The first kappa shape index (κ1) is 19.6. The van der Waals surface area contributed by atoms with Crippen molar-refractivity contribution in [1.82, 2.24) is 10.1 Å². The number of esters is 1. The van der Waals surface area contributed by atoms with E-state index in [0.29, 0.717) is 16.4 Å². The maximum atomic E-state index is 12.4. The number of aromatic nitrogens is 2. The number of nitrogens with zero attached hydrogens (tertiary/aromatic N) is 2. The highest BCUT2D eigenvalue weighted by atomic mass is 35.5. The summed E-state index contributed by atoms with van der Waals surface area (Å²) in [4.78, 5) is 16.3. The molecule has 0 aliphatic rings.